The molecule has 0 aliphatic carbocycles. The van der Waals surface area contributed by atoms with E-state index in [1.807, 2.05) is 38.1 Å². The second-order valence-electron chi connectivity index (χ2n) is 11.0. The number of hydrogen-bond acceptors (Lipinski definition) is 6. The SMILES string of the molecule is COc1ccc(C(=O)N2CCc3ccc(NC(=O)C4CCN(S(=O)(=O)c5cc(C(C)C)ccc5OC)CC4)cc32)cc1. The highest BCUT2D eigenvalue weighted by molar-refractivity contribution is 7.89. The van der Waals surface area contributed by atoms with Gasteiger partial charge in [0.1, 0.15) is 16.4 Å². The van der Waals surface area contributed by atoms with E-state index in [2.05, 4.69) is 5.32 Å². The Hall–Kier alpha value is -3.89. The molecule has 10 heteroatoms. The highest BCUT2D eigenvalue weighted by Gasteiger charge is 2.34. The number of anilines is 2. The number of amides is 2. The van der Waals surface area contributed by atoms with Gasteiger partial charge in [-0.1, -0.05) is 26.0 Å². The topological polar surface area (TPSA) is 105 Å². The molecule has 0 radical (unpaired) electrons. The highest BCUT2D eigenvalue weighted by atomic mass is 32.2. The second-order valence-corrected chi connectivity index (χ2v) is 12.9. The van der Waals surface area contributed by atoms with Gasteiger partial charge < -0.3 is 19.7 Å². The van der Waals surface area contributed by atoms with Crippen molar-refractivity contribution in [3.63, 3.8) is 0 Å². The fourth-order valence-corrected chi connectivity index (χ4v) is 7.21. The van der Waals surface area contributed by atoms with E-state index in [1.165, 1.54) is 11.4 Å². The number of carbonyl (C=O) groups excluding carboxylic acids is 2. The Morgan fingerprint density at radius 2 is 1.62 bits per heavy atom. The minimum Gasteiger partial charge on any atom is -0.497 e. The van der Waals surface area contributed by atoms with Crippen molar-refractivity contribution in [2.24, 2.45) is 5.92 Å². The monoisotopic (exact) mass is 591 g/mol. The van der Waals surface area contributed by atoms with Gasteiger partial charge >= 0.3 is 0 Å². The zero-order chi connectivity index (χ0) is 30.0. The van der Waals surface area contributed by atoms with Gasteiger partial charge in [0.25, 0.3) is 5.91 Å². The molecule has 9 nitrogen and oxygen atoms in total. The predicted molar refractivity (Wildman–Crippen MR) is 162 cm³/mol. The largest absolute Gasteiger partial charge is 0.497 e. The van der Waals surface area contributed by atoms with Gasteiger partial charge in [0.05, 0.1) is 14.2 Å². The Labute approximate surface area is 247 Å². The molecule has 5 rings (SSSR count). The van der Waals surface area contributed by atoms with Crippen molar-refractivity contribution in [3.05, 3.63) is 77.4 Å². The average molecular weight is 592 g/mol. The number of ether oxygens (including phenoxy) is 2. The molecule has 1 fully saturated rings. The number of sulfonamides is 1. The summed E-state index contributed by atoms with van der Waals surface area (Å²) in [5, 5.41) is 3.00. The van der Waals surface area contributed by atoms with Crippen LogP contribution in [0.1, 0.15) is 54.1 Å². The van der Waals surface area contributed by atoms with Crippen molar-refractivity contribution in [2.45, 2.75) is 43.9 Å². The smallest absolute Gasteiger partial charge is 0.258 e. The maximum absolute atomic E-state index is 13.5. The van der Waals surface area contributed by atoms with Gasteiger partial charge in [-0.15, -0.1) is 0 Å². The summed E-state index contributed by atoms with van der Waals surface area (Å²) >= 11 is 0. The molecule has 2 aliphatic rings. The molecule has 0 unspecified atom stereocenters. The summed E-state index contributed by atoms with van der Waals surface area (Å²) in [5.41, 5.74) is 3.92. The van der Waals surface area contributed by atoms with Crippen molar-refractivity contribution in [2.75, 3.05) is 44.1 Å². The van der Waals surface area contributed by atoms with Crippen molar-refractivity contribution in [1.29, 1.82) is 0 Å². The standard InChI is InChI=1S/C32H37N3O6S/c1-21(2)25-8-12-29(41-4)30(19-25)42(38,39)34-16-13-23(14-17-34)31(36)33-26-9-5-22-15-18-35(28(22)20-26)32(37)24-6-10-27(40-3)11-7-24/h5-12,19-21,23H,13-18H2,1-4H3,(H,33,36). The lowest BCUT2D eigenvalue weighted by Gasteiger charge is -2.31. The lowest BCUT2D eigenvalue weighted by molar-refractivity contribution is -0.120. The van der Waals surface area contributed by atoms with Crippen LogP contribution in [0.2, 0.25) is 0 Å². The number of rotatable bonds is 8. The lowest BCUT2D eigenvalue weighted by atomic mass is 9.97. The first kappa shape index (κ1) is 29.6. The summed E-state index contributed by atoms with van der Waals surface area (Å²) in [7, 11) is -0.737. The number of methoxy groups -OCH3 is 2. The van der Waals surface area contributed by atoms with Gasteiger partial charge in [0, 0.05) is 42.5 Å². The molecule has 0 bridgehead atoms. The number of hydrogen-bond donors (Lipinski definition) is 1. The van der Waals surface area contributed by atoms with Crippen molar-refractivity contribution in [3.8, 4) is 11.5 Å². The van der Waals surface area contributed by atoms with E-state index in [-0.39, 0.29) is 41.6 Å². The molecule has 2 amide bonds. The van der Waals surface area contributed by atoms with Crippen molar-refractivity contribution < 1.29 is 27.5 Å². The van der Waals surface area contributed by atoms with Gasteiger partial charge in [0.2, 0.25) is 15.9 Å². The maximum Gasteiger partial charge on any atom is 0.258 e. The summed E-state index contributed by atoms with van der Waals surface area (Å²) in [4.78, 5) is 28.3. The van der Waals surface area contributed by atoms with E-state index >= 15 is 0 Å². The van der Waals surface area contributed by atoms with Crippen molar-refractivity contribution in [1.82, 2.24) is 4.31 Å². The van der Waals surface area contributed by atoms with Gasteiger partial charge in [-0.05, 0) is 84.8 Å². The fourth-order valence-electron chi connectivity index (χ4n) is 5.55. The van der Waals surface area contributed by atoms with Crippen LogP contribution in [0.4, 0.5) is 11.4 Å². The molecule has 0 saturated carbocycles. The minimum absolute atomic E-state index is 0.107. The predicted octanol–water partition coefficient (Wildman–Crippen LogP) is 5.07. The molecule has 2 aliphatic heterocycles. The van der Waals surface area contributed by atoms with E-state index < -0.39 is 10.0 Å². The third kappa shape index (κ3) is 5.87. The van der Waals surface area contributed by atoms with Crippen LogP contribution < -0.4 is 19.7 Å². The molecule has 3 aromatic rings. The Morgan fingerprint density at radius 3 is 2.26 bits per heavy atom. The van der Waals surface area contributed by atoms with Crippen molar-refractivity contribution >= 4 is 33.2 Å². The number of carbonyl (C=O) groups is 2. The van der Waals surface area contributed by atoms with Gasteiger partial charge in [0.15, 0.2) is 0 Å². The van der Waals surface area contributed by atoms with Crippen LogP contribution in [0.5, 0.6) is 11.5 Å². The van der Waals surface area contributed by atoms with Crippen LogP contribution in [-0.2, 0) is 21.2 Å². The average Bonchev–Trinajstić information content (AvgIpc) is 3.43. The first-order chi connectivity index (χ1) is 20.1. The number of nitrogens with zero attached hydrogens (tertiary/aromatic N) is 2. The lowest BCUT2D eigenvalue weighted by Crippen LogP contribution is -2.41. The molecule has 1 saturated heterocycles. The molecular formula is C32H37N3O6S. The molecule has 3 aromatic carbocycles. The molecule has 0 aromatic heterocycles. The third-order valence-corrected chi connectivity index (χ3v) is 10.0. The van der Waals surface area contributed by atoms with Crippen LogP contribution in [0.3, 0.4) is 0 Å². The molecule has 2 heterocycles. The van der Waals surface area contributed by atoms with Crippen LogP contribution >= 0.6 is 0 Å². The molecule has 1 N–H and O–H groups in total. The van der Waals surface area contributed by atoms with Crippen LogP contribution in [0.25, 0.3) is 0 Å². The van der Waals surface area contributed by atoms with Crippen LogP contribution in [0, 0.1) is 5.92 Å². The Balaban J connectivity index is 1.24. The second kappa shape index (κ2) is 12.1. The van der Waals surface area contributed by atoms with Gasteiger partial charge in [-0.3, -0.25) is 9.59 Å². The van der Waals surface area contributed by atoms with E-state index in [4.69, 9.17) is 9.47 Å². The number of benzene rings is 3. The normalized spacial score (nSPS) is 15.9. The van der Waals surface area contributed by atoms with E-state index in [0.29, 0.717) is 42.1 Å². The van der Waals surface area contributed by atoms with E-state index in [9.17, 15) is 18.0 Å². The van der Waals surface area contributed by atoms with Gasteiger partial charge in [-0.2, -0.15) is 4.31 Å². The summed E-state index contributed by atoms with van der Waals surface area (Å²) < 4.78 is 39.1. The zero-order valence-electron chi connectivity index (χ0n) is 24.4. The fraction of sp³-hybridized carbons (Fsp3) is 0.375. The molecule has 0 atom stereocenters. The Kier molecular flexibility index (Phi) is 8.56. The maximum atomic E-state index is 13.5. The van der Waals surface area contributed by atoms with E-state index in [0.717, 1.165) is 23.2 Å². The zero-order valence-corrected chi connectivity index (χ0v) is 25.2. The first-order valence-electron chi connectivity index (χ1n) is 14.2. The molecule has 222 valence electrons. The number of fused-ring (bicyclic) bond motifs is 1. The van der Waals surface area contributed by atoms with Crippen LogP contribution in [0.15, 0.2) is 65.6 Å². The summed E-state index contributed by atoms with van der Waals surface area (Å²) in [6.07, 6.45) is 1.55. The highest BCUT2D eigenvalue weighted by Crippen LogP contribution is 2.34. The molecule has 42 heavy (non-hydrogen) atoms. The van der Waals surface area contributed by atoms with E-state index in [1.54, 1.807) is 48.4 Å². The van der Waals surface area contributed by atoms with Gasteiger partial charge in [-0.25, -0.2) is 8.42 Å². The first-order valence-corrected chi connectivity index (χ1v) is 15.6. The summed E-state index contributed by atoms with van der Waals surface area (Å²) in [6, 6.07) is 17.9. The quantitative estimate of drug-likeness (QED) is 0.392. The third-order valence-electron chi connectivity index (χ3n) is 8.13. The number of nitrogens with one attached hydrogen (secondary N) is 1. The Bertz CT molecular complexity index is 1580. The van der Waals surface area contributed by atoms with Crippen LogP contribution in [-0.4, -0.2) is 58.4 Å². The summed E-state index contributed by atoms with van der Waals surface area (Å²) in [6.45, 7) is 5.07. The minimum atomic E-state index is -3.78. The molecular weight excluding hydrogens is 554 g/mol. The summed E-state index contributed by atoms with van der Waals surface area (Å²) in [5.74, 6) is 0.579. The Morgan fingerprint density at radius 1 is 0.905 bits per heavy atom. The number of piperidine rings is 1. The molecule has 0 spiro atoms.